The number of nitrogens with zero attached hydrogens (tertiary/aromatic N) is 1. The Morgan fingerprint density at radius 1 is 1.24 bits per heavy atom. The highest BCUT2D eigenvalue weighted by Crippen LogP contribution is 2.31. The van der Waals surface area contributed by atoms with Crippen molar-refractivity contribution < 1.29 is 9.13 Å². The van der Waals surface area contributed by atoms with E-state index in [1.807, 2.05) is 0 Å². The predicted molar refractivity (Wildman–Crippen MR) is 89.5 cm³/mol. The summed E-state index contributed by atoms with van der Waals surface area (Å²) < 4.78 is 13.6. The number of hydrogen-bond donors (Lipinski definition) is 1. The average molecular weight is 434 g/mol. The first-order valence-electron chi connectivity index (χ1n) is 5.75. The first-order valence-corrected chi connectivity index (χ1v) is 8.66. The highest BCUT2D eigenvalue weighted by Gasteiger charge is 2.17. The number of nitro groups is 1. The summed E-state index contributed by atoms with van der Waals surface area (Å²) >= 11 is 6.49. The fourth-order valence-electron chi connectivity index (χ4n) is 1.76. The van der Waals surface area contributed by atoms with Crippen LogP contribution in [-0.4, -0.2) is 9.13 Å². The normalized spacial score (nSPS) is 12.1. The van der Waals surface area contributed by atoms with Gasteiger partial charge in [0.05, 0.1) is 30.8 Å². The molecule has 0 saturated carbocycles. The molecule has 1 atom stereocenters. The summed E-state index contributed by atoms with van der Waals surface area (Å²) in [6.07, 6.45) is 0. The number of nitro benzene ring substituents is 1. The molecule has 0 spiro atoms. The number of hydrogen-bond acceptors (Lipinski definition) is 4. The van der Waals surface area contributed by atoms with E-state index in [0.29, 0.717) is 20.6 Å². The van der Waals surface area contributed by atoms with Crippen LogP contribution in [0.25, 0.3) is 0 Å². The predicted octanol–water partition coefficient (Wildman–Crippen LogP) is 4.01. The van der Waals surface area contributed by atoms with Crippen LogP contribution in [0.2, 0.25) is 0 Å². The summed E-state index contributed by atoms with van der Waals surface area (Å²) in [4.78, 5) is 10.9. The number of rotatable bonds is 4. The van der Waals surface area contributed by atoms with Gasteiger partial charge >= 0.3 is 0 Å². The van der Waals surface area contributed by atoms with Gasteiger partial charge < -0.3 is 5.73 Å². The van der Waals surface area contributed by atoms with E-state index in [9.17, 15) is 14.3 Å². The third kappa shape index (κ3) is 3.69. The molecule has 0 bridgehead atoms. The summed E-state index contributed by atoms with van der Waals surface area (Å²) in [6, 6.07) is 9.78. The Bertz CT molecular complexity index is 737. The van der Waals surface area contributed by atoms with E-state index >= 15 is 0 Å². The van der Waals surface area contributed by atoms with Gasteiger partial charge in [0.1, 0.15) is 0 Å². The van der Waals surface area contributed by atoms with Crippen molar-refractivity contribution in [2.75, 3.05) is 5.73 Å². The Morgan fingerprint density at radius 3 is 2.57 bits per heavy atom. The van der Waals surface area contributed by atoms with Crippen molar-refractivity contribution in [2.45, 2.75) is 10.6 Å². The van der Waals surface area contributed by atoms with Gasteiger partial charge in [-0.3, -0.25) is 14.3 Å². The van der Waals surface area contributed by atoms with E-state index in [1.165, 1.54) is 6.07 Å². The minimum atomic E-state index is -1.38. The fourth-order valence-corrected chi connectivity index (χ4v) is 4.10. The topological polar surface area (TPSA) is 86.2 Å². The Kier molecular flexibility index (Phi) is 5.13. The van der Waals surface area contributed by atoms with Gasteiger partial charge in [-0.2, -0.15) is 0 Å². The molecular weight excluding hydrogens is 424 g/mol. The van der Waals surface area contributed by atoms with E-state index in [2.05, 4.69) is 31.9 Å². The molecule has 0 amide bonds. The summed E-state index contributed by atoms with van der Waals surface area (Å²) in [5.74, 6) is 0.147. The Labute approximate surface area is 140 Å². The first-order chi connectivity index (χ1) is 9.90. The zero-order valence-corrected chi connectivity index (χ0v) is 14.6. The second-order valence-corrected chi connectivity index (χ2v) is 7.31. The number of halogens is 2. The zero-order chi connectivity index (χ0) is 15.6. The maximum Gasteiger partial charge on any atom is 0.283 e. The summed E-state index contributed by atoms with van der Waals surface area (Å²) in [7, 11) is -1.38. The maximum atomic E-state index is 12.4. The van der Waals surface area contributed by atoms with Gasteiger partial charge in [0.25, 0.3) is 5.69 Å². The molecule has 1 unspecified atom stereocenters. The van der Waals surface area contributed by atoms with Crippen molar-refractivity contribution >= 4 is 54.0 Å². The Hall–Kier alpha value is -1.25. The third-order valence-electron chi connectivity index (χ3n) is 2.76. The lowest BCUT2D eigenvalue weighted by Crippen LogP contribution is -2.02. The molecule has 0 aromatic heterocycles. The van der Waals surface area contributed by atoms with Crippen LogP contribution >= 0.6 is 31.9 Å². The van der Waals surface area contributed by atoms with E-state index in [0.717, 1.165) is 4.47 Å². The molecule has 2 rings (SSSR count). The van der Waals surface area contributed by atoms with Crippen molar-refractivity contribution in [1.82, 2.24) is 0 Å². The van der Waals surface area contributed by atoms with Crippen LogP contribution in [0, 0.1) is 10.1 Å². The zero-order valence-electron chi connectivity index (χ0n) is 10.6. The van der Waals surface area contributed by atoms with Gasteiger partial charge in [0.15, 0.2) is 0 Å². The van der Waals surface area contributed by atoms with Crippen LogP contribution in [0.1, 0.15) is 5.56 Å². The highest BCUT2D eigenvalue weighted by molar-refractivity contribution is 9.11. The molecule has 0 saturated heterocycles. The van der Waals surface area contributed by atoms with Crippen LogP contribution in [-0.2, 0) is 16.6 Å². The van der Waals surface area contributed by atoms with Crippen molar-refractivity contribution in [2.24, 2.45) is 0 Å². The number of anilines is 1. The minimum Gasteiger partial charge on any atom is -0.398 e. The lowest BCUT2D eigenvalue weighted by Gasteiger charge is -2.08. The lowest BCUT2D eigenvalue weighted by atomic mass is 10.2. The number of benzene rings is 2. The van der Waals surface area contributed by atoms with E-state index in [1.54, 1.807) is 30.3 Å². The summed E-state index contributed by atoms with van der Waals surface area (Å²) in [5, 5.41) is 10.9. The van der Waals surface area contributed by atoms with E-state index in [-0.39, 0.29) is 11.4 Å². The first kappa shape index (κ1) is 16.1. The number of nitrogens with two attached hydrogens (primary N) is 1. The van der Waals surface area contributed by atoms with Crippen molar-refractivity contribution in [1.29, 1.82) is 0 Å². The van der Waals surface area contributed by atoms with Gasteiger partial charge in [-0.05, 0) is 39.7 Å². The second kappa shape index (κ2) is 6.67. The number of nitrogen functional groups attached to an aromatic ring is 1. The van der Waals surface area contributed by atoms with Crippen LogP contribution in [0.5, 0.6) is 0 Å². The van der Waals surface area contributed by atoms with E-state index in [4.69, 9.17) is 5.73 Å². The SMILES string of the molecule is Nc1cc(Br)ccc1S(=O)Cc1cccc([N+](=O)[O-])c1Br. The molecule has 21 heavy (non-hydrogen) atoms. The molecule has 0 aliphatic rings. The molecular formula is C13H10Br2N2O3S. The largest absolute Gasteiger partial charge is 0.398 e. The fraction of sp³-hybridized carbons (Fsp3) is 0.0769. The van der Waals surface area contributed by atoms with Crippen LogP contribution < -0.4 is 5.73 Å². The molecule has 5 nitrogen and oxygen atoms in total. The molecule has 2 aromatic rings. The summed E-state index contributed by atoms with van der Waals surface area (Å²) in [5.41, 5.74) is 6.82. The van der Waals surface area contributed by atoms with Gasteiger partial charge in [-0.25, -0.2) is 0 Å². The van der Waals surface area contributed by atoms with Crippen LogP contribution in [0.3, 0.4) is 0 Å². The average Bonchev–Trinajstić information content (AvgIpc) is 2.40. The molecule has 8 heteroatoms. The quantitative estimate of drug-likeness (QED) is 0.448. The van der Waals surface area contributed by atoms with Gasteiger partial charge in [-0.15, -0.1) is 0 Å². The molecule has 110 valence electrons. The van der Waals surface area contributed by atoms with Crippen molar-refractivity contribution in [3.8, 4) is 0 Å². The maximum absolute atomic E-state index is 12.4. The minimum absolute atomic E-state index is 0.0479. The Balaban J connectivity index is 2.32. The highest BCUT2D eigenvalue weighted by atomic mass is 79.9. The van der Waals surface area contributed by atoms with Crippen LogP contribution in [0.15, 0.2) is 50.2 Å². The van der Waals surface area contributed by atoms with Gasteiger partial charge in [0, 0.05) is 16.2 Å². The van der Waals surface area contributed by atoms with Crippen molar-refractivity contribution in [3.63, 3.8) is 0 Å². The molecule has 0 aliphatic heterocycles. The molecule has 0 aliphatic carbocycles. The molecule has 0 radical (unpaired) electrons. The molecule has 0 heterocycles. The molecule has 2 N–H and O–H groups in total. The van der Waals surface area contributed by atoms with Crippen LogP contribution in [0.4, 0.5) is 11.4 Å². The van der Waals surface area contributed by atoms with Gasteiger partial charge in [0.2, 0.25) is 0 Å². The van der Waals surface area contributed by atoms with E-state index < -0.39 is 15.7 Å². The smallest absolute Gasteiger partial charge is 0.283 e. The second-order valence-electron chi connectivity index (χ2n) is 4.18. The van der Waals surface area contributed by atoms with Crippen molar-refractivity contribution in [3.05, 3.63) is 61.0 Å². The standard InChI is InChI=1S/C13H10Br2N2O3S/c14-9-4-5-12(10(16)6-9)21(20)7-8-2-1-3-11(13(8)15)17(18)19/h1-6H,7,16H2. The lowest BCUT2D eigenvalue weighted by molar-refractivity contribution is -0.385. The molecule has 2 aromatic carbocycles. The Morgan fingerprint density at radius 2 is 1.95 bits per heavy atom. The summed E-state index contributed by atoms with van der Waals surface area (Å²) in [6.45, 7) is 0. The van der Waals surface area contributed by atoms with Gasteiger partial charge in [-0.1, -0.05) is 28.1 Å². The monoisotopic (exact) mass is 432 g/mol. The molecule has 0 fully saturated rings. The third-order valence-corrected chi connectivity index (χ3v) is 5.60.